The van der Waals surface area contributed by atoms with E-state index in [9.17, 15) is 14.6 Å². The van der Waals surface area contributed by atoms with Crippen molar-refractivity contribution in [3.8, 4) is 0 Å². The summed E-state index contributed by atoms with van der Waals surface area (Å²) >= 11 is 0. The van der Waals surface area contributed by atoms with Crippen LogP contribution in [-0.4, -0.2) is 41.0 Å². The Hall–Kier alpha value is -1.01. The minimum absolute atomic E-state index is 0.175. The van der Waals surface area contributed by atoms with E-state index in [2.05, 4.69) is 0 Å². The molecule has 1 aromatic rings. The molecule has 1 aromatic carbocycles. The SMILES string of the molecule is CC1(O)OC[C@H](F)[C@H](O)[C@@H]1OCc1ccccc1. The minimum atomic E-state index is -1.68. The zero-order chi connectivity index (χ0) is 13.2. The van der Waals surface area contributed by atoms with E-state index in [1.54, 1.807) is 0 Å². The van der Waals surface area contributed by atoms with Crippen molar-refractivity contribution >= 4 is 0 Å². The Morgan fingerprint density at radius 1 is 1.44 bits per heavy atom. The van der Waals surface area contributed by atoms with Crippen LogP contribution in [0.2, 0.25) is 0 Å². The van der Waals surface area contributed by atoms with Crippen LogP contribution in [0.3, 0.4) is 0 Å². The molecule has 4 nitrogen and oxygen atoms in total. The standard InChI is InChI=1S/C13H17FO4/c1-13(16)12(11(15)10(14)8-18-13)17-7-9-5-3-2-4-6-9/h2-6,10-12,15-16H,7-8H2,1H3/t10-,11-,12-,13?/m0/s1. The van der Waals surface area contributed by atoms with Crippen LogP contribution in [0.25, 0.3) is 0 Å². The molecule has 1 heterocycles. The number of hydrogen-bond acceptors (Lipinski definition) is 4. The zero-order valence-corrected chi connectivity index (χ0v) is 10.1. The summed E-state index contributed by atoms with van der Waals surface area (Å²) in [5.74, 6) is -1.68. The van der Waals surface area contributed by atoms with Crippen molar-refractivity contribution < 1.29 is 24.1 Å². The van der Waals surface area contributed by atoms with Gasteiger partial charge in [0.05, 0.1) is 13.2 Å². The third-order valence-electron chi connectivity index (χ3n) is 3.02. The molecule has 0 aliphatic carbocycles. The van der Waals surface area contributed by atoms with Crippen molar-refractivity contribution in [1.29, 1.82) is 0 Å². The minimum Gasteiger partial charge on any atom is -0.387 e. The molecule has 1 saturated heterocycles. The maximum absolute atomic E-state index is 13.3. The Balaban J connectivity index is 2.01. The number of alkyl halides is 1. The van der Waals surface area contributed by atoms with Gasteiger partial charge >= 0.3 is 0 Å². The first-order chi connectivity index (χ1) is 8.50. The van der Waals surface area contributed by atoms with E-state index in [1.165, 1.54) is 6.92 Å². The lowest BCUT2D eigenvalue weighted by molar-refractivity contribution is -0.316. The number of aliphatic hydroxyl groups excluding tert-OH is 1. The van der Waals surface area contributed by atoms with E-state index in [4.69, 9.17) is 9.47 Å². The molecule has 2 N–H and O–H groups in total. The van der Waals surface area contributed by atoms with Crippen molar-refractivity contribution in [2.45, 2.75) is 37.7 Å². The van der Waals surface area contributed by atoms with E-state index in [0.717, 1.165) is 5.56 Å². The number of hydrogen-bond donors (Lipinski definition) is 2. The number of aliphatic hydroxyl groups is 2. The van der Waals surface area contributed by atoms with E-state index in [0.29, 0.717) is 0 Å². The molecule has 0 aromatic heterocycles. The summed E-state index contributed by atoms with van der Waals surface area (Å²) < 4.78 is 23.7. The van der Waals surface area contributed by atoms with Gasteiger partial charge in [-0.05, 0) is 12.5 Å². The van der Waals surface area contributed by atoms with E-state index in [1.807, 2.05) is 30.3 Å². The average molecular weight is 256 g/mol. The van der Waals surface area contributed by atoms with Crippen LogP contribution >= 0.6 is 0 Å². The van der Waals surface area contributed by atoms with Crippen molar-refractivity contribution in [2.75, 3.05) is 6.61 Å². The van der Waals surface area contributed by atoms with Gasteiger partial charge in [-0.3, -0.25) is 0 Å². The van der Waals surface area contributed by atoms with E-state index in [-0.39, 0.29) is 13.2 Å². The van der Waals surface area contributed by atoms with Crippen molar-refractivity contribution in [3.63, 3.8) is 0 Å². The maximum atomic E-state index is 13.3. The lowest BCUT2D eigenvalue weighted by Crippen LogP contribution is -2.59. The summed E-state index contributed by atoms with van der Waals surface area (Å²) in [6.45, 7) is 1.20. The van der Waals surface area contributed by atoms with Gasteiger partial charge in [0.25, 0.3) is 0 Å². The lowest BCUT2D eigenvalue weighted by atomic mass is 9.99. The van der Waals surface area contributed by atoms with Gasteiger partial charge in [-0.15, -0.1) is 0 Å². The Bertz CT molecular complexity index is 382. The molecular formula is C13H17FO4. The fourth-order valence-electron chi connectivity index (χ4n) is 1.95. The highest BCUT2D eigenvalue weighted by atomic mass is 19.1. The molecule has 0 spiro atoms. The van der Waals surface area contributed by atoms with Crippen LogP contribution in [0.4, 0.5) is 4.39 Å². The Kier molecular flexibility index (Phi) is 3.97. The molecular weight excluding hydrogens is 239 g/mol. The summed E-state index contributed by atoms with van der Waals surface area (Å²) in [7, 11) is 0. The van der Waals surface area contributed by atoms with Crippen LogP contribution in [-0.2, 0) is 16.1 Å². The molecule has 0 amide bonds. The lowest BCUT2D eigenvalue weighted by Gasteiger charge is -2.41. The van der Waals surface area contributed by atoms with E-state index >= 15 is 0 Å². The number of ether oxygens (including phenoxy) is 2. The van der Waals surface area contributed by atoms with Gasteiger partial charge in [0, 0.05) is 0 Å². The highest BCUT2D eigenvalue weighted by Gasteiger charge is 2.47. The zero-order valence-electron chi connectivity index (χ0n) is 10.1. The molecule has 5 heteroatoms. The largest absolute Gasteiger partial charge is 0.387 e. The van der Waals surface area contributed by atoms with E-state index < -0.39 is 24.2 Å². The van der Waals surface area contributed by atoms with Gasteiger partial charge in [0.2, 0.25) is 0 Å². The smallest absolute Gasteiger partial charge is 0.192 e. The Morgan fingerprint density at radius 3 is 2.78 bits per heavy atom. The summed E-state index contributed by atoms with van der Waals surface area (Å²) in [6.07, 6.45) is -4.05. The summed E-state index contributed by atoms with van der Waals surface area (Å²) in [6, 6.07) is 9.26. The second kappa shape index (κ2) is 5.32. The van der Waals surface area contributed by atoms with Crippen LogP contribution in [0, 0.1) is 0 Å². The number of halogens is 1. The molecule has 1 aliphatic rings. The van der Waals surface area contributed by atoms with Crippen molar-refractivity contribution in [3.05, 3.63) is 35.9 Å². The molecule has 2 rings (SSSR count). The highest BCUT2D eigenvalue weighted by Crippen LogP contribution is 2.28. The second-order valence-electron chi connectivity index (χ2n) is 4.59. The highest BCUT2D eigenvalue weighted by molar-refractivity contribution is 5.13. The fraction of sp³-hybridized carbons (Fsp3) is 0.538. The van der Waals surface area contributed by atoms with Gasteiger partial charge in [-0.1, -0.05) is 30.3 Å². The average Bonchev–Trinajstić information content (AvgIpc) is 2.35. The van der Waals surface area contributed by atoms with Gasteiger partial charge < -0.3 is 19.7 Å². The van der Waals surface area contributed by atoms with Crippen LogP contribution < -0.4 is 0 Å². The second-order valence-corrected chi connectivity index (χ2v) is 4.59. The first-order valence-electron chi connectivity index (χ1n) is 5.85. The van der Waals surface area contributed by atoms with Gasteiger partial charge in [0.1, 0.15) is 12.2 Å². The Labute approximate surface area is 105 Å². The number of rotatable bonds is 3. The first-order valence-corrected chi connectivity index (χ1v) is 5.85. The first kappa shape index (κ1) is 13.4. The third kappa shape index (κ3) is 2.87. The van der Waals surface area contributed by atoms with Crippen LogP contribution in [0.15, 0.2) is 30.3 Å². The third-order valence-corrected chi connectivity index (χ3v) is 3.02. The van der Waals surface area contributed by atoms with Crippen LogP contribution in [0.1, 0.15) is 12.5 Å². The molecule has 18 heavy (non-hydrogen) atoms. The maximum Gasteiger partial charge on any atom is 0.192 e. The van der Waals surface area contributed by atoms with Gasteiger partial charge in [0.15, 0.2) is 12.0 Å². The topological polar surface area (TPSA) is 58.9 Å². The van der Waals surface area contributed by atoms with Crippen molar-refractivity contribution in [1.82, 2.24) is 0 Å². The normalized spacial score (nSPS) is 36.6. The summed E-state index contributed by atoms with van der Waals surface area (Å²) in [5, 5.41) is 19.6. The number of benzene rings is 1. The summed E-state index contributed by atoms with van der Waals surface area (Å²) in [5.41, 5.74) is 0.876. The summed E-state index contributed by atoms with van der Waals surface area (Å²) in [4.78, 5) is 0. The molecule has 1 fully saturated rings. The molecule has 1 aliphatic heterocycles. The molecule has 0 bridgehead atoms. The van der Waals surface area contributed by atoms with Crippen LogP contribution in [0.5, 0.6) is 0 Å². The molecule has 0 saturated carbocycles. The molecule has 100 valence electrons. The predicted molar refractivity (Wildman–Crippen MR) is 62.5 cm³/mol. The Morgan fingerprint density at radius 2 is 2.11 bits per heavy atom. The molecule has 4 atom stereocenters. The van der Waals surface area contributed by atoms with Gasteiger partial charge in [-0.2, -0.15) is 0 Å². The van der Waals surface area contributed by atoms with Crippen molar-refractivity contribution in [2.24, 2.45) is 0 Å². The predicted octanol–water partition coefficient (Wildman–Crippen LogP) is 1.01. The molecule has 0 radical (unpaired) electrons. The fourth-order valence-corrected chi connectivity index (χ4v) is 1.95. The monoisotopic (exact) mass is 256 g/mol. The van der Waals surface area contributed by atoms with Gasteiger partial charge in [-0.25, -0.2) is 4.39 Å². The molecule has 1 unspecified atom stereocenters. The quantitative estimate of drug-likeness (QED) is 0.847.